The van der Waals surface area contributed by atoms with Gasteiger partial charge >= 0.3 is 0 Å². The SMILES string of the molecule is CCn1c(=O)c2ccc(-c3ccc(N)nc3)cc2n2nc(CCOC)cc12. The molecule has 3 heterocycles. The van der Waals surface area contributed by atoms with Gasteiger partial charge in [-0.1, -0.05) is 6.07 Å². The first-order chi connectivity index (χ1) is 13.1. The summed E-state index contributed by atoms with van der Waals surface area (Å²) in [5.74, 6) is 0.475. The maximum atomic E-state index is 13.0. The average Bonchev–Trinajstić information content (AvgIpc) is 3.11. The molecule has 0 atom stereocenters. The number of rotatable bonds is 5. The highest BCUT2D eigenvalue weighted by Gasteiger charge is 2.14. The molecule has 138 valence electrons. The predicted octanol–water partition coefficient (Wildman–Crippen LogP) is 2.50. The number of hydrogen-bond acceptors (Lipinski definition) is 5. The number of methoxy groups -OCH3 is 1. The summed E-state index contributed by atoms with van der Waals surface area (Å²) in [7, 11) is 1.67. The second kappa shape index (κ2) is 6.85. The van der Waals surface area contributed by atoms with Gasteiger partial charge in [-0.25, -0.2) is 9.50 Å². The van der Waals surface area contributed by atoms with Crippen LogP contribution in [-0.4, -0.2) is 32.9 Å². The molecule has 0 saturated carbocycles. The number of hydrogen-bond donors (Lipinski definition) is 1. The second-order valence-corrected chi connectivity index (χ2v) is 6.40. The van der Waals surface area contributed by atoms with E-state index in [1.54, 1.807) is 23.9 Å². The number of aromatic nitrogens is 4. The molecule has 0 spiro atoms. The molecule has 0 fully saturated rings. The topological polar surface area (TPSA) is 87.4 Å². The highest BCUT2D eigenvalue weighted by molar-refractivity contribution is 5.85. The van der Waals surface area contributed by atoms with E-state index in [1.165, 1.54) is 0 Å². The zero-order valence-corrected chi connectivity index (χ0v) is 15.3. The number of nitrogens with zero attached hydrogens (tertiary/aromatic N) is 4. The van der Waals surface area contributed by atoms with Gasteiger partial charge in [-0.2, -0.15) is 5.10 Å². The summed E-state index contributed by atoms with van der Waals surface area (Å²) in [6.45, 7) is 3.13. The third-order valence-electron chi connectivity index (χ3n) is 4.72. The Balaban J connectivity index is 1.98. The van der Waals surface area contributed by atoms with Gasteiger partial charge in [0.2, 0.25) is 0 Å². The van der Waals surface area contributed by atoms with Crippen LogP contribution in [0.25, 0.3) is 27.7 Å². The van der Waals surface area contributed by atoms with Crippen molar-refractivity contribution in [1.82, 2.24) is 19.2 Å². The first kappa shape index (κ1) is 17.2. The molecule has 0 aliphatic carbocycles. The zero-order chi connectivity index (χ0) is 19.0. The Bertz CT molecular complexity index is 1180. The van der Waals surface area contributed by atoms with Gasteiger partial charge in [0.15, 0.2) is 0 Å². The largest absolute Gasteiger partial charge is 0.384 e. The van der Waals surface area contributed by atoms with Crippen LogP contribution in [0.5, 0.6) is 0 Å². The van der Waals surface area contributed by atoms with E-state index in [-0.39, 0.29) is 5.56 Å². The number of benzene rings is 1. The molecule has 4 rings (SSSR count). The van der Waals surface area contributed by atoms with Crippen LogP contribution in [0.3, 0.4) is 0 Å². The van der Waals surface area contributed by atoms with Crippen molar-refractivity contribution in [3.8, 4) is 11.1 Å². The molecule has 0 unspecified atom stereocenters. The summed E-state index contributed by atoms with van der Waals surface area (Å²) >= 11 is 0. The van der Waals surface area contributed by atoms with Crippen LogP contribution < -0.4 is 11.3 Å². The maximum Gasteiger partial charge on any atom is 0.261 e. The van der Waals surface area contributed by atoms with Gasteiger partial charge in [0, 0.05) is 37.9 Å². The molecule has 7 nitrogen and oxygen atoms in total. The van der Waals surface area contributed by atoms with Crippen molar-refractivity contribution in [2.45, 2.75) is 19.9 Å². The second-order valence-electron chi connectivity index (χ2n) is 6.40. The fourth-order valence-electron chi connectivity index (χ4n) is 3.32. The fraction of sp³-hybridized carbons (Fsp3) is 0.250. The molecular weight excluding hydrogens is 342 g/mol. The van der Waals surface area contributed by atoms with Crippen LogP contribution >= 0.6 is 0 Å². The zero-order valence-electron chi connectivity index (χ0n) is 15.3. The molecule has 0 aliphatic heterocycles. The number of pyridine rings is 1. The number of nitrogen functional groups attached to an aromatic ring is 1. The third kappa shape index (κ3) is 2.96. The van der Waals surface area contributed by atoms with E-state index in [1.807, 2.05) is 41.8 Å². The third-order valence-corrected chi connectivity index (χ3v) is 4.72. The molecule has 3 aromatic heterocycles. The summed E-state index contributed by atoms with van der Waals surface area (Å²) in [5.41, 5.74) is 10.0. The van der Waals surface area contributed by atoms with Gasteiger partial charge in [0.1, 0.15) is 11.5 Å². The summed E-state index contributed by atoms with van der Waals surface area (Å²) < 4.78 is 8.75. The van der Waals surface area contributed by atoms with Crippen molar-refractivity contribution in [3.05, 3.63) is 58.6 Å². The number of fused-ring (bicyclic) bond motifs is 3. The maximum absolute atomic E-state index is 13.0. The van der Waals surface area contributed by atoms with Gasteiger partial charge < -0.3 is 10.5 Å². The van der Waals surface area contributed by atoms with Gasteiger partial charge in [-0.3, -0.25) is 9.36 Å². The van der Waals surface area contributed by atoms with Crippen LogP contribution in [0.15, 0.2) is 47.4 Å². The van der Waals surface area contributed by atoms with E-state index >= 15 is 0 Å². The molecule has 7 heteroatoms. The minimum Gasteiger partial charge on any atom is -0.384 e. The van der Waals surface area contributed by atoms with Crippen molar-refractivity contribution >= 4 is 22.4 Å². The van der Waals surface area contributed by atoms with Gasteiger partial charge in [0.25, 0.3) is 5.56 Å². The van der Waals surface area contributed by atoms with Gasteiger partial charge in [-0.15, -0.1) is 0 Å². The van der Waals surface area contributed by atoms with Crippen LogP contribution in [0.4, 0.5) is 5.82 Å². The Kier molecular flexibility index (Phi) is 4.37. The number of nitrogens with two attached hydrogens (primary N) is 1. The van der Waals surface area contributed by atoms with E-state index in [4.69, 9.17) is 15.6 Å². The Hall–Kier alpha value is -3.19. The van der Waals surface area contributed by atoms with Crippen LogP contribution in [0, 0.1) is 0 Å². The van der Waals surface area contributed by atoms with Crippen LogP contribution in [-0.2, 0) is 17.7 Å². The van der Waals surface area contributed by atoms with Crippen molar-refractivity contribution in [3.63, 3.8) is 0 Å². The smallest absolute Gasteiger partial charge is 0.261 e. The summed E-state index contributed by atoms with van der Waals surface area (Å²) in [6.07, 6.45) is 2.42. The number of aryl methyl sites for hydroxylation is 1. The molecule has 1 aromatic carbocycles. The van der Waals surface area contributed by atoms with E-state index < -0.39 is 0 Å². The molecular formula is C20H21N5O2. The standard InChI is InChI=1S/C20H21N5O2/c1-3-24-19-11-15(8-9-27-2)23-25(19)17-10-13(4-6-16(17)20(24)26)14-5-7-18(21)22-12-14/h4-7,10-12H,3,8-9H2,1-2H3,(H2,21,22). The molecule has 2 N–H and O–H groups in total. The normalized spacial score (nSPS) is 11.5. The lowest BCUT2D eigenvalue weighted by Crippen LogP contribution is -2.22. The van der Waals surface area contributed by atoms with Crippen LogP contribution in [0.2, 0.25) is 0 Å². The molecule has 0 radical (unpaired) electrons. The minimum atomic E-state index is -0.0137. The Morgan fingerprint density at radius 1 is 1.15 bits per heavy atom. The molecule has 4 aromatic rings. The molecule has 0 amide bonds. The molecule has 0 bridgehead atoms. The van der Waals surface area contributed by atoms with Crippen molar-refractivity contribution in [2.24, 2.45) is 0 Å². The Labute approximate surface area is 156 Å². The summed E-state index contributed by atoms with van der Waals surface area (Å²) in [4.78, 5) is 17.1. The predicted molar refractivity (Wildman–Crippen MR) is 106 cm³/mol. The molecule has 0 saturated heterocycles. The lowest BCUT2D eigenvalue weighted by Gasteiger charge is -2.10. The Morgan fingerprint density at radius 2 is 1.96 bits per heavy atom. The van der Waals surface area contributed by atoms with E-state index in [9.17, 15) is 4.79 Å². The first-order valence-electron chi connectivity index (χ1n) is 8.88. The monoisotopic (exact) mass is 363 g/mol. The summed E-state index contributed by atoms with van der Waals surface area (Å²) in [5, 5.41) is 5.36. The van der Waals surface area contributed by atoms with E-state index in [0.29, 0.717) is 30.8 Å². The van der Waals surface area contributed by atoms with Crippen LogP contribution in [0.1, 0.15) is 12.6 Å². The summed E-state index contributed by atoms with van der Waals surface area (Å²) in [6, 6.07) is 11.4. The van der Waals surface area contributed by atoms with Crippen molar-refractivity contribution in [1.29, 1.82) is 0 Å². The lowest BCUT2D eigenvalue weighted by molar-refractivity contribution is 0.201. The minimum absolute atomic E-state index is 0.0137. The first-order valence-corrected chi connectivity index (χ1v) is 8.88. The van der Waals surface area contributed by atoms with Gasteiger partial charge in [0.05, 0.1) is 23.2 Å². The molecule has 0 aliphatic rings. The van der Waals surface area contributed by atoms with E-state index in [0.717, 1.165) is 28.0 Å². The Morgan fingerprint density at radius 3 is 2.67 bits per heavy atom. The van der Waals surface area contributed by atoms with Gasteiger partial charge in [-0.05, 0) is 36.8 Å². The van der Waals surface area contributed by atoms with Crippen molar-refractivity contribution in [2.75, 3.05) is 19.5 Å². The average molecular weight is 363 g/mol. The van der Waals surface area contributed by atoms with Crippen molar-refractivity contribution < 1.29 is 4.74 Å². The highest BCUT2D eigenvalue weighted by Crippen LogP contribution is 2.24. The highest BCUT2D eigenvalue weighted by atomic mass is 16.5. The van der Waals surface area contributed by atoms with E-state index in [2.05, 4.69) is 4.98 Å². The lowest BCUT2D eigenvalue weighted by atomic mass is 10.1. The fourth-order valence-corrected chi connectivity index (χ4v) is 3.32. The number of anilines is 1. The molecule has 27 heavy (non-hydrogen) atoms. The quantitative estimate of drug-likeness (QED) is 0.589. The number of ether oxygens (including phenoxy) is 1.